The van der Waals surface area contributed by atoms with Gasteiger partial charge in [-0.2, -0.15) is 4.31 Å². The molecule has 1 heterocycles. The Morgan fingerprint density at radius 1 is 0.894 bits per heavy atom. The smallest absolute Gasteiger partial charge is 0.306 e. The molecule has 3 aromatic rings. The summed E-state index contributed by atoms with van der Waals surface area (Å²) in [5.74, 6) is -1.01. The Bertz CT molecular complexity index is 1830. The minimum Gasteiger partial charge on any atom is -0.460 e. The number of piperazine rings is 1. The standard InChI is InChI=1S/C32H38Cl2N4O7S2/c1-32(2,3)45-30(39)13-7-22-6-12-29(36(4)46(5,41)42)28(18-22)31(40)35-25-8-10-27(11-9-25)47(43,44)38-16-14-37(15-17-38)26-20-23(33)19-24(34)21-26/h6,8-12,18-21H,7,13-17H2,1-5H3,(H,35,40). The monoisotopic (exact) mass is 724 g/mol. The molecular formula is C32H38Cl2N4O7S2. The Kier molecular flexibility index (Phi) is 11.2. The number of ether oxygens (including phenoxy) is 1. The highest BCUT2D eigenvalue weighted by Crippen LogP contribution is 2.29. The van der Waals surface area contributed by atoms with Crippen LogP contribution in [-0.4, -0.2) is 78.1 Å². The van der Waals surface area contributed by atoms with E-state index in [1.807, 2.05) is 4.90 Å². The van der Waals surface area contributed by atoms with Gasteiger partial charge in [-0.1, -0.05) is 29.3 Å². The highest BCUT2D eigenvalue weighted by Gasteiger charge is 2.29. The molecule has 0 unspecified atom stereocenters. The first kappa shape index (κ1) is 36.5. The second-order valence-corrected chi connectivity index (χ2v) is 17.0. The zero-order valence-electron chi connectivity index (χ0n) is 26.8. The topological polar surface area (TPSA) is 133 Å². The molecule has 1 aliphatic rings. The van der Waals surface area contributed by atoms with Gasteiger partial charge in [0.25, 0.3) is 5.91 Å². The van der Waals surface area contributed by atoms with E-state index in [-0.39, 0.29) is 42.1 Å². The van der Waals surface area contributed by atoms with Crippen LogP contribution in [0, 0.1) is 0 Å². The number of anilines is 3. The first-order chi connectivity index (χ1) is 21.8. The molecule has 47 heavy (non-hydrogen) atoms. The van der Waals surface area contributed by atoms with Crippen LogP contribution in [0.15, 0.2) is 65.6 Å². The number of amides is 1. The number of esters is 1. The molecule has 0 saturated carbocycles. The van der Waals surface area contributed by atoms with Crippen LogP contribution in [0.1, 0.15) is 43.1 Å². The van der Waals surface area contributed by atoms with Crippen LogP contribution in [-0.2, 0) is 36.0 Å². The molecule has 0 aromatic heterocycles. The molecule has 1 saturated heterocycles. The third-order valence-corrected chi connectivity index (χ3v) is 10.9. The predicted molar refractivity (Wildman–Crippen MR) is 186 cm³/mol. The van der Waals surface area contributed by atoms with E-state index in [4.69, 9.17) is 27.9 Å². The van der Waals surface area contributed by atoms with Crippen molar-refractivity contribution in [3.05, 3.63) is 81.8 Å². The van der Waals surface area contributed by atoms with Crippen molar-refractivity contribution in [2.75, 3.05) is 54.0 Å². The van der Waals surface area contributed by atoms with Crippen molar-refractivity contribution in [1.82, 2.24) is 4.31 Å². The molecule has 0 bridgehead atoms. The van der Waals surface area contributed by atoms with Crippen LogP contribution in [0.5, 0.6) is 0 Å². The molecule has 0 spiro atoms. The fourth-order valence-electron chi connectivity index (χ4n) is 4.98. The lowest BCUT2D eigenvalue weighted by molar-refractivity contribution is -0.154. The molecular weight excluding hydrogens is 687 g/mol. The molecule has 15 heteroatoms. The largest absolute Gasteiger partial charge is 0.460 e. The number of halogens is 2. The molecule has 1 aliphatic heterocycles. The number of nitrogens with one attached hydrogen (secondary N) is 1. The number of hydrogen-bond acceptors (Lipinski definition) is 8. The van der Waals surface area contributed by atoms with E-state index >= 15 is 0 Å². The van der Waals surface area contributed by atoms with Gasteiger partial charge in [0.05, 0.1) is 22.4 Å². The Morgan fingerprint density at radius 2 is 1.49 bits per heavy atom. The summed E-state index contributed by atoms with van der Waals surface area (Å²) in [6.07, 6.45) is 1.36. The van der Waals surface area contributed by atoms with E-state index in [0.717, 1.165) is 16.2 Å². The van der Waals surface area contributed by atoms with Crippen molar-refractivity contribution >= 4 is 72.2 Å². The van der Waals surface area contributed by atoms with Crippen molar-refractivity contribution in [2.45, 2.75) is 44.1 Å². The Hall–Kier alpha value is -3.36. The maximum atomic E-state index is 13.5. The first-order valence-corrected chi connectivity index (χ1v) is 18.8. The van der Waals surface area contributed by atoms with Crippen molar-refractivity contribution in [3.63, 3.8) is 0 Å². The molecule has 0 radical (unpaired) electrons. The molecule has 11 nitrogen and oxygen atoms in total. The van der Waals surface area contributed by atoms with Crippen LogP contribution in [0.2, 0.25) is 10.0 Å². The van der Waals surface area contributed by atoms with E-state index in [9.17, 15) is 26.4 Å². The van der Waals surface area contributed by atoms with E-state index in [1.165, 1.54) is 47.8 Å². The summed E-state index contributed by atoms with van der Waals surface area (Å²) in [6, 6.07) is 15.7. The highest BCUT2D eigenvalue weighted by atomic mass is 35.5. The maximum Gasteiger partial charge on any atom is 0.306 e. The summed E-state index contributed by atoms with van der Waals surface area (Å²) in [7, 11) is -6.18. The van der Waals surface area contributed by atoms with Crippen molar-refractivity contribution in [3.8, 4) is 0 Å². The zero-order valence-corrected chi connectivity index (χ0v) is 29.9. The number of carbonyl (C=O) groups is 2. The fourth-order valence-corrected chi connectivity index (χ4v) is 7.43. The Labute approximate surface area is 286 Å². The molecule has 3 aromatic carbocycles. The van der Waals surface area contributed by atoms with Crippen molar-refractivity contribution in [2.24, 2.45) is 0 Å². The average molecular weight is 726 g/mol. The van der Waals surface area contributed by atoms with Crippen LogP contribution in [0.3, 0.4) is 0 Å². The van der Waals surface area contributed by atoms with Crippen LogP contribution < -0.4 is 14.5 Å². The Morgan fingerprint density at radius 3 is 2.04 bits per heavy atom. The van der Waals surface area contributed by atoms with Crippen molar-refractivity contribution < 1.29 is 31.2 Å². The maximum absolute atomic E-state index is 13.5. The van der Waals surface area contributed by atoms with Crippen molar-refractivity contribution in [1.29, 1.82) is 0 Å². The van der Waals surface area contributed by atoms with Gasteiger partial charge in [-0.3, -0.25) is 13.9 Å². The van der Waals surface area contributed by atoms with Gasteiger partial charge in [0.2, 0.25) is 20.0 Å². The normalized spacial score (nSPS) is 14.5. The van der Waals surface area contributed by atoms with Gasteiger partial charge in [0, 0.05) is 61.1 Å². The molecule has 0 atom stereocenters. The van der Waals surface area contributed by atoms with Gasteiger partial charge < -0.3 is 15.0 Å². The number of nitrogens with zero attached hydrogens (tertiary/aromatic N) is 3. The zero-order chi connectivity index (χ0) is 34.7. The predicted octanol–water partition coefficient (Wildman–Crippen LogP) is 5.43. The lowest BCUT2D eigenvalue weighted by Crippen LogP contribution is -2.48. The van der Waals surface area contributed by atoms with Gasteiger partial charge in [0.1, 0.15) is 5.60 Å². The molecule has 4 rings (SSSR count). The summed E-state index contributed by atoms with van der Waals surface area (Å²) >= 11 is 12.3. The van der Waals surface area contributed by atoms with Crippen LogP contribution in [0.25, 0.3) is 0 Å². The number of carbonyl (C=O) groups excluding carboxylic acids is 2. The number of hydrogen-bond donors (Lipinski definition) is 1. The number of rotatable bonds is 10. The number of sulfonamides is 2. The van der Waals surface area contributed by atoms with Gasteiger partial charge in [-0.15, -0.1) is 0 Å². The minimum absolute atomic E-state index is 0.0650. The lowest BCUT2D eigenvalue weighted by atomic mass is 10.0. The van der Waals surface area contributed by atoms with E-state index < -0.39 is 37.5 Å². The molecule has 254 valence electrons. The third-order valence-electron chi connectivity index (χ3n) is 7.38. The second-order valence-electron chi connectivity index (χ2n) is 12.2. The van der Waals surface area contributed by atoms with Crippen LogP contribution >= 0.6 is 23.2 Å². The fraction of sp³-hybridized carbons (Fsp3) is 0.375. The van der Waals surface area contributed by atoms with E-state index in [0.29, 0.717) is 34.4 Å². The van der Waals surface area contributed by atoms with Crippen LogP contribution in [0.4, 0.5) is 17.1 Å². The van der Waals surface area contributed by atoms with E-state index in [2.05, 4.69) is 5.32 Å². The third kappa shape index (κ3) is 9.60. The van der Waals surface area contributed by atoms with Gasteiger partial charge in [0.15, 0.2) is 0 Å². The Balaban J connectivity index is 1.47. The molecule has 1 N–H and O–H groups in total. The van der Waals surface area contributed by atoms with E-state index in [1.54, 1.807) is 45.0 Å². The molecule has 1 fully saturated rings. The summed E-state index contributed by atoms with van der Waals surface area (Å²) in [6.45, 7) is 6.72. The average Bonchev–Trinajstić information content (AvgIpc) is 2.98. The molecule has 0 aliphatic carbocycles. The second kappa shape index (κ2) is 14.4. The summed E-state index contributed by atoms with van der Waals surface area (Å²) in [5, 5.41) is 3.73. The summed E-state index contributed by atoms with van der Waals surface area (Å²) in [5.41, 5.74) is 1.33. The SMILES string of the molecule is CN(c1ccc(CCC(=O)OC(C)(C)C)cc1C(=O)Nc1ccc(S(=O)(=O)N2CCN(c3cc(Cl)cc(Cl)c3)CC2)cc1)S(C)(=O)=O. The summed E-state index contributed by atoms with van der Waals surface area (Å²) in [4.78, 5) is 27.8. The summed E-state index contributed by atoms with van der Waals surface area (Å²) < 4.78 is 59.3. The first-order valence-electron chi connectivity index (χ1n) is 14.7. The molecule has 1 amide bonds. The number of aryl methyl sites for hydroxylation is 1. The lowest BCUT2D eigenvalue weighted by Gasteiger charge is -2.35. The van der Waals surface area contributed by atoms with Gasteiger partial charge >= 0.3 is 5.97 Å². The van der Waals surface area contributed by atoms with Gasteiger partial charge in [-0.05, 0) is 87.4 Å². The highest BCUT2D eigenvalue weighted by molar-refractivity contribution is 7.92. The minimum atomic E-state index is -3.82. The quantitative estimate of drug-likeness (QED) is 0.274. The number of benzene rings is 3. The van der Waals surface area contributed by atoms with Gasteiger partial charge in [-0.25, -0.2) is 16.8 Å².